The van der Waals surface area contributed by atoms with Crippen molar-refractivity contribution in [2.45, 2.75) is 29.9 Å². The van der Waals surface area contributed by atoms with Gasteiger partial charge in [0.05, 0.1) is 24.0 Å². The van der Waals surface area contributed by atoms with E-state index in [0.717, 1.165) is 32.6 Å². The fourth-order valence-corrected chi connectivity index (χ4v) is 2.96. The van der Waals surface area contributed by atoms with Crippen LogP contribution in [0.4, 0.5) is 0 Å². The number of thioether (sulfide) groups is 1. The molecule has 2 unspecified atom stereocenters. The van der Waals surface area contributed by atoms with Crippen LogP contribution < -0.4 is 5.32 Å². The minimum atomic E-state index is -0.193. The van der Waals surface area contributed by atoms with Gasteiger partial charge in [-0.15, -0.1) is 11.6 Å². The molecule has 0 aromatic carbocycles. The number of hydrogen-bond donors (Lipinski definition) is 1. The Morgan fingerprint density at radius 2 is 1.95 bits per heavy atom. The summed E-state index contributed by atoms with van der Waals surface area (Å²) in [6, 6.07) is 0. The first kappa shape index (κ1) is 15.4. The van der Waals surface area contributed by atoms with E-state index in [1.807, 2.05) is 12.2 Å². The maximum absolute atomic E-state index is 6.07. The van der Waals surface area contributed by atoms with E-state index in [2.05, 4.69) is 23.7 Å². The van der Waals surface area contributed by atoms with Crippen molar-refractivity contribution in [1.82, 2.24) is 5.32 Å². The van der Waals surface area contributed by atoms with Crippen molar-refractivity contribution in [3.8, 4) is 0 Å². The van der Waals surface area contributed by atoms with Gasteiger partial charge >= 0.3 is 0 Å². The molecule has 19 heavy (non-hydrogen) atoms. The highest BCUT2D eigenvalue weighted by Gasteiger charge is 2.19. The Labute approximate surface area is 124 Å². The van der Waals surface area contributed by atoms with Crippen molar-refractivity contribution in [1.29, 1.82) is 0 Å². The second-order valence-corrected chi connectivity index (χ2v) is 6.53. The molecule has 0 aliphatic carbocycles. The average Bonchev–Trinajstić information content (AvgIpc) is 2.44. The number of allylic oxidation sites excluding steroid dienone is 3. The van der Waals surface area contributed by atoms with E-state index < -0.39 is 0 Å². The molecule has 2 heterocycles. The van der Waals surface area contributed by atoms with Crippen LogP contribution in [0.25, 0.3) is 0 Å². The van der Waals surface area contributed by atoms with Crippen molar-refractivity contribution in [3.05, 3.63) is 24.3 Å². The normalized spacial score (nSPS) is 37.2. The number of alkyl halides is 1. The maximum atomic E-state index is 6.07. The summed E-state index contributed by atoms with van der Waals surface area (Å²) >= 11 is 7.86. The molecule has 3 nitrogen and oxygen atoms in total. The van der Waals surface area contributed by atoms with Gasteiger partial charge in [0.15, 0.2) is 6.29 Å². The van der Waals surface area contributed by atoms with Crippen LogP contribution in [-0.2, 0) is 9.47 Å². The van der Waals surface area contributed by atoms with E-state index in [1.54, 1.807) is 11.8 Å². The highest BCUT2D eigenvalue weighted by molar-refractivity contribution is 7.99. The quantitative estimate of drug-likeness (QED) is 0.491. The van der Waals surface area contributed by atoms with Crippen LogP contribution in [-0.4, -0.2) is 43.1 Å². The molecule has 0 amide bonds. The predicted molar refractivity (Wildman–Crippen MR) is 81.6 cm³/mol. The lowest BCUT2D eigenvalue weighted by molar-refractivity contribution is -0.146. The summed E-state index contributed by atoms with van der Waals surface area (Å²) in [6.45, 7) is 2.53. The first-order valence-corrected chi connectivity index (χ1v) is 8.49. The highest BCUT2D eigenvalue weighted by Crippen LogP contribution is 2.20. The molecule has 2 aliphatic rings. The lowest BCUT2D eigenvalue weighted by atomic mass is 9.97. The van der Waals surface area contributed by atoms with Gasteiger partial charge in [-0.25, -0.2) is 0 Å². The summed E-state index contributed by atoms with van der Waals surface area (Å²) in [4.78, 5) is 0. The minimum Gasteiger partial charge on any atom is -0.348 e. The molecular weight excluding hydrogens is 282 g/mol. The zero-order chi connectivity index (χ0) is 13.5. The zero-order valence-corrected chi connectivity index (χ0v) is 12.8. The Morgan fingerprint density at radius 1 is 1.21 bits per heavy atom. The van der Waals surface area contributed by atoms with Gasteiger partial charge in [-0.3, -0.25) is 0 Å². The first-order valence-electron chi connectivity index (χ1n) is 6.76. The van der Waals surface area contributed by atoms with Gasteiger partial charge in [-0.05, 0) is 37.6 Å². The molecule has 0 aromatic heterocycles. The Morgan fingerprint density at radius 3 is 2.63 bits per heavy atom. The molecule has 1 N–H and O–H groups in total. The van der Waals surface area contributed by atoms with Gasteiger partial charge in [0.1, 0.15) is 0 Å². The number of hydrogen-bond acceptors (Lipinski definition) is 4. The third-order valence-electron chi connectivity index (χ3n) is 3.38. The largest absolute Gasteiger partial charge is 0.348 e. The van der Waals surface area contributed by atoms with Crippen LogP contribution in [0.15, 0.2) is 24.3 Å². The summed E-state index contributed by atoms with van der Waals surface area (Å²) in [5.41, 5.74) is 0.112. The Balaban J connectivity index is 1.68. The number of piperidine rings is 1. The summed E-state index contributed by atoms with van der Waals surface area (Å²) < 4.78 is 11.2. The molecule has 0 radical (unpaired) electrons. The number of ether oxygens (including phenoxy) is 2. The maximum Gasteiger partial charge on any atom is 0.177 e. The van der Waals surface area contributed by atoms with Crippen LogP contribution in [0.2, 0.25) is 0 Å². The van der Waals surface area contributed by atoms with Crippen molar-refractivity contribution in [3.63, 3.8) is 0 Å². The molecular formula is C14H22ClNO2S. The minimum absolute atomic E-state index is 0.112. The summed E-state index contributed by atoms with van der Waals surface area (Å²) in [7, 11) is 0. The molecule has 2 aliphatic heterocycles. The van der Waals surface area contributed by atoms with Gasteiger partial charge < -0.3 is 14.8 Å². The number of halogens is 1. The van der Waals surface area contributed by atoms with E-state index >= 15 is 0 Å². The smallest absolute Gasteiger partial charge is 0.177 e. The molecule has 0 saturated carbocycles. The Kier molecular flexibility index (Phi) is 6.74. The topological polar surface area (TPSA) is 30.5 Å². The molecule has 2 fully saturated rings. The van der Waals surface area contributed by atoms with Crippen molar-refractivity contribution in [2.24, 2.45) is 5.92 Å². The van der Waals surface area contributed by atoms with Crippen LogP contribution in [0.3, 0.4) is 0 Å². The van der Waals surface area contributed by atoms with Gasteiger partial charge in [0.2, 0.25) is 0 Å². The van der Waals surface area contributed by atoms with Gasteiger partial charge in [-0.2, -0.15) is 11.8 Å². The second kappa shape index (κ2) is 8.32. The first-order chi connectivity index (χ1) is 9.28. The molecule has 2 rings (SSSR count). The van der Waals surface area contributed by atoms with Gasteiger partial charge in [0.25, 0.3) is 0 Å². The standard InChI is InChI=1S/C14H22ClNO2S/c1-19-12-9-17-14(18-10-12)5-3-2-4-11-6-7-16-13(15)8-11/h2-5,11-14,16H,6-10H2,1H3/b4-2+,5-3+. The van der Waals surface area contributed by atoms with Gasteiger partial charge in [-0.1, -0.05) is 18.2 Å². The zero-order valence-electron chi connectivity index (χ0n) is 11.3. The molecule has 5 heteroatoms. The molecule has 2 atom stereocenters. The van der Waals surface area contributed by atoms with Crippen LogP contribution in [0, 0.1) is 5.92 Å². The molecule has 0 bridgehead atoms. The summed E-state index contributed by atoms with van der Waals surface area (Å²) in [5.74, 6) is 0.572. The SMILES string of the molecule is CSC1COC(/C=C/C=C/C2CCNC(Cl)C2)OC1. The van der Waals surface area contributed by atoms with Crippen LogP contribution in [0.5, 0.6) is 0 Å². The van der Waals surface area contributed by atoms with Crippen LogP contribution in [0.1, 0.15) is 12.8 Å². The lowest BCUT2D eigenvalue weighted by Gasteiger charge is -2.26. The van der Waals surface area contributed by atoms with E-state index in [4.69, 9.17) is 21.1 Å². The fraction of sp³-hybridized carbons (Fsp3) is 0.714. The second-order valence-electron chi connectivity index (χ2n) is 4.87. The third-order valence-corrected chi connectivity index (χ3v) is 4.65. The van der Waals surface area contributed by atoms with E-state index in [9.17, 15) is 0 Å². The van der Waals surface area contributed by atoms with E-state index in [1.165, 1.54) is 0 Å². The van der Waals surface area contributed by atoms with E-state index in [-0.39, 0.29) is 11.8 Å². The Bertz CT molecular complexity index is 317. The monoisotopic (exact) mass is 303 g/mol. The number of nitrogens with one attached hydrogen (secondary N) is 1. The highest BCUT2D eigenvalue weighted by atomic mass is 35.5. The molecule has 0 aromatic rings. The molecule has 0 spiro atoms. The Hall–Kier alpha value is -0.0000000000000000208. The molecule has 2 saturated heterocycles. The predicted octanol–water partition coefficient (Wildman–Crippen LogP) is 2.77. The van der Waals surface area contributed by atoms with Crippen molar-refractivity contribution < 1.29 is 9.47 Å². The lowest BCUT2D eigenvalue weighted by Crippen LogP contribution is -2.33. The van der Waals surface area contributed by atoms with Crippen molar-refractivity contribution in [2.75, 3.05) is 26.0 Å². The van der Waals surface area contributed by atoms with Gasteiger partial charge in [0, 0.05) is 0 Å². The van der Waals surface area contributed by atoms with Crippen molar-refractivity contribution >= 4 is 23.4 Å². The van der Waals surface area contributed by atoms with Crippen LogP contribution >= 0.6 is 23.4 Å². The fourth-order valence-electron chi connectivity index (χ4n) is 2.19. The summed E-state index contributed by atoms with van der Waals surface area (Å²) in [5, 5.41) is 3.70. The molecule has 108 valence electrons. The summed E-state index contributed by atoms with van der Waals surface area (Å²) in [6.07, 6.45) is 12.3. The number of rotatable bonds is 4. The average molecular weight is 304 g/mol. The van der Waals surface area contributed by atoms with E-state index in [0.29, 0.717) is 11.2 Å². The third kappa shape index (κ3) is 5.48.